The summed E-state index contributed by atoms with van der Waals surface area (Å²) >= 11 is 0. The Balaban J connectivity index is 2.58. The normalized spacial score (nSPS) is 25.9. The Morgan fingerprint density at radius 3 is 2.79 bits per heavy atom. The van der Waals surface area contributed by atoms with E-state index in [-0.39, 0.29) is 0 Å². The van der Waals surface area contributed by atoms with Gasteiger partial charge in [0.1, 0.15) is 5.92 Å². The van der Waals surface area contributed by atoms with Crippen LogP contribution in [0.2, 0.25) is 0 Å². The zero-order valence-electron chi connectivity index (χ0n) is 7.42. The quantitative estimate of drug-likeness (QED) is 0.582. The first-order chi connectivity index (χ1) is 6.61. The zero-order chi connectivity index (χ0) is 10.3. The van der Waals surface area contributed by atoms with Crippen LogP contribution in [0.15, 0.2) is 39.9 Å². The van der Waals surface area contributed by atoms with Crippen LogP contribution in [0.1, 0.15) is 6.92 Å². The molecular weight excluding hydrogens is 188 g/mol. The van der Waals surface area contributed by atoms with E-state index < -0.39 is 23.5 Å². The molecule has 0 saturated heterocycles. The van der Waals surface area contributed by atoms with Crippen molar-refractivity contribution >= 4 is 12.1 Å². The summed E-state index contributed by atoms with van der Waals surface area (Å²) in [5, 5.41) is 0. The lowest BCUT2D eigenvalue weighted by molar-refractivity contribution is -0.120. The molecule has 0 spiro atoms. The van der Waals surface area contributed by atoms with Gasteiger partial charge in [0, 0.05) is 6.21 Å². The van der Waals surface area contributed by atoms with Crippen LogP contribution >= 0.6 is 0 Å². The largest absolute Gasteiger partial charge is 0.271 e. The molecular formula is C10H7F2NO. The van der Waals surface area contributed by atoms with E-state index in [9.17, 15) is 13.6 Å². The minimum atomic E-state index is -1.16. The van der Waals surface area contributed by atoms with E-state index >= 15 is 0 Å². The Labute approximate surface area is 79.3 Å². The standard InChI is InChI=1S/C10H7F2NO/c1-5-4-13-10(14)8-6(5)2-3-7(11)9(8)12/h2-4,8H,1H3. The zero-order valence-corrected chi connectivity index (χ0v) is 7.42. The SMILES string of the molecule is CC1=C2C=CC(F)=C(F)C2C(=O)N=C1. The lowest BCUT2D eigenvalue weighted by Gasteiger charge is -2.21. The number of allylic oxidation sites excluding steroid dienone is 4. The van der Waals surface area contributed by atoms with Gasteiger partial charge in [0.2, 0.25) is 0 Å². The maximum atomic E-state index is 13.3. The number of rotatable bonds is 0. The Morgan fingerprint density at radius 2 is 2.07 bits per heavy atom. The molecule has 2 rings (SSSR count). The molecule has 0 saturated carbocycles. The highest BCUT2D eigenvalue weighted by Crippen LogP contribution is 2.35. The van der Waals surface area contributed by atoms with Gasteiger partial charge in [-0.05, 0) is 24.1 Å². The molecule has 0 fully saturated rings. The molecule has 1 unspecified atom stereocenters. The second kappa shape index (κ2) is 2.97. The predicted octanol–water partition coefficient (Wildman–Crippen LogP) is 2.25. The number of carbonyl (C=O) groups is 1. The summed E-state index contributed by atoms with van der Waals surface area (Å²) in [5.41, 5.74) is 1.18. The molecule has 1 atom stereocenters. The Bertz CT molecular complexity index is 429. The van der Waals surface area contributed by atoms with Crippen molar-refractivity contribution in [2.24, 2.45) is 10.9 Å². The van der Waals surface area contributed by atoms with E-state index in [1.54, 1.807) is 6.92 Å². The third-order valence-electron chi connectivity index (χ3n) is 2.29. The van der Waals surface area contributed by atoms with Crippen molar-refractivity contribution in [2.45, 2.75) is 6.92 Å². The fourth-order valence-electron chi connectivity index (χ4n) is 1.52. The molecule has 0 aromatic rings. The first-order valence-electron chi connectivity index (χ1n) is 4.13. The molecule has 0 radical (unpaired) electrons. The summed E-state index contributed by atoms with van der Waals surface area (Å²) in [6.45, 7) is 1.71. The van der Waals surface area contributed by atoms with Crippen molar-refractivity contribution in [3.05, 3.63) is 35.0 Å². The topological polar surface area (TPSA) is 29.4 Å². The van der Waals surface area contributed by atoms with Gasteiger partial charge in [0.15, 0.2) is 11.7 Å². The van der Waals surface area contributed by atoms with E-state index in [0.717, 1.165) is 6.08 Å². The molecule has 2 nitrogen and oxygen atoms in total. The highest BCUT2D eigenvalue weighted by molar-refractivity contribution is 6.00. The first kappa shape index (κ1) is 8.99. The van der Waals surface area contributed by atoms with Gasteiger partial charge in [-0.15, -0.1) is 0 Å². The summed E-state index contributed by atoms with van der Waals surface area (Å²) < 4.78 is 26.1. The van der Waals surface area contributed by atoms with E-state index in [1.165, 1.54) is 12.3 Å². The van der Waals surface area contributed by atoms with Gasteiger partial charge in [-0.3, -0.25) is 4.79 Å². The number of aliphatic imine (C=N–C) groups is 1. The molecule has 0 aromatic carbocycles. The number of amides is 1. The molecule has 1 heterocycles. The van der Waals surface area contributed by atoms with E-state index in [1.807, 2.05) is 0 Å². The van der Waals surface area contributed by atoms with Gasteiger partial charge in [-0.2, -0.15) is 0 Å². The number of nitrogens with zero attached hydrogens (tertiary/aromatic N) is 1. The number of hydrogen-bond donors (Lipinski definition) is 0. The van der Waals surface area contributed by atoms with Gasteiger partial charge in [0.05, 0.1) is 0 Å². The average Bonchev–Trinajstić information content (AvgIpc) is 2.16. The molecule has 0 aromatic heterocycles. The van der Waals surface area contributed by atoms with Crippen molar-refractivity contribution in [3.63, 3.8) is 0 Å². The van der Waals surface area contributed by atoms with Crippen LogP contribution in [0, 0.1) is 5.92 Å². The second-order valence-electron chi connectivity index (χ2n) is 3.20. The Hall–Kier alpha value is -1.58. The molecule has 72 valence electrons. The molecule has 1 aliphatic carbocycles. The Kier molecular flexibility index (Phi) is 1.91. The highest BCUT2D eigenvalue weighted by atomic mass is 19.2. The van der Waals surface area contributed by atoms with Crippen LogP contribution in [0.3, 0.4) is 0 Å². The van der Waals surface area contributed by atoms with Gasteiger partial charge in [-0.1, -0.05) is 6.08 Å². The molecule has 0 N–H and O–H groups in total. The fraction of sp³-hybridized carbons (Fsp3) is 0.200. The molecule has 1 aliphatic heterocycles. The Morgan fingerprint density at radius 1 is 1.36 bits per heavy atom. The summed E-state index contributed by atoms with van der Waals surface area (Å²) in [6, 6.07) is 0. The molecule has 0 bridgehead atoms. The maximum Gasteiger partial charge on any atom is 0.260 e. The average molecular weight is 195 g/mol. The van der Waals surface area contributed by atoms with Gasteiger partial charge in [0.25, 0.3) is 5.91 Å². The van der Waals surface area contributed by atoms with Crippen molar-refractivity contribution in [1.82, 2.24) is 0 Å². The number of halogens is 2. The second-order valence-corrected chi connectivity index (χ2v) is 3.20. The van der Waals surface area contributed by atoms with E-state index in [4.69, 9.17) is 0 Å². The molecule has 4 heteroatoms. The van der Waals surface area contributed by atoms with Gasteiger partial charge < -0.3 is 0 Å². The molecule has 1 amide bonds. The highest BCUT2D eigenvalue weighted by Gasteiger charge is 2.33. The third kappa shape index (κ3) is 1.14. The van der Waals surface area contributed by atoms with Crippen LogP contribution in [0.4, 0.5) is 8.78 Å². The van der Waals surface area contributed by atoms with Crippen molar-refractivity contribution in [3.8, 4) is 0 Å². The minimum absolute atomic E-state index is 0.490. The lowest BCUT2D eigenvalue weighted by Crippen LogP contribution is -2.22. The molecule has 14 heavy (non-hydrogen) atoms. The minimum Gasteiger partial charge on any atom is -0.271 e. The van der Waals surface area contributed by atoms with Crippen molar-refractivity contribution in [2.75, 3.05) is 0 Å². The molecule has 2 aliphatic rings. The van der Waals surface area contributed by atoms with Crippen LogP contribution in [-0.4, -0.2) is 12.1 Å². The number of carbonyl (C=O) groups excluding carboxylic acids is 1. The maximum absolute atomic E-state index is 13.3. The van der Waals surface area contributed by atoms with Gasteiger partial charge >= 0.3 is 0 Å². The summed E-state index contributed by atoms with van der Waals surface area (Å²) in [4.78, 5) is 14.7. The first-order valence-corrected chi connectivity index (χ1v) is 4.13. The van der Waals surface area contributed by atoms with Gasteiger partial charge in [-0.25, -0.2) is 13.8 Å². The lowest BCUT2D eigenvalue weighted by atomic mass is 9.87. The number of dihydropyridines is 1. The monoisotopic (exact) mass is 195 g/mol. The predicted molar refractivity (Wildman–Crippen MR) is 48.1 cm³/mol. The summed E-state index contributed by atoms with van der Waals surface area (Å²) in [6.07, 6.45) is 3.81. The van der Waals surface area contributed by atoms with E-state index in [0.29, 0.717) is 11.1 Å². The van der Waals surface area contributed by atoms with Crippen LogP contribution < -0.4 is 0 Å². The fourth-order valence-corrected chi connectivity index (χ4v) is 1.52. The van der Waals surface area contributed by atoms with Crippen LogP contribution in [-0.2, 0) is 4.79 Å². The van der Waals surface area contributed by atoms with Crippen LogP contribution in [0.25, 0.3) is 0 Å². The van der Waals surface area contributed by atoms with Crippen LogP contribution in [0.5, 0.6) is 0 Å². The number of fused-ring (bicyclic) bond motifs is 1. The smallest absolute Gasteiger partial charge is 0.260 e. The summed E-state index contributed by atoms with van der Waals surface area (Å²) in [7, 11) is 0. The summed E-state index contributed by atoms with van der Waals surface area (Å²) in [5.74, 6) is -3.84. The van der Waals surface area contributed by atoms with Crippen molar-refractivity contribution < 1.29 is 13.6 Å². The van der Waals surface area contributed by atoms with Crippen molar-refractivity contribution in [1.29, 1.82) is 0 Å². The number of hydrogen-bond acceptors (Lipinski definition) is 1. The van der Waals surface area contributed by atoms with E-state index in [2.05, 4.69) is 4.99 Å². The third-order valence-corrected chi connectivity index (χ3v) is 2.29.